The Bertz CT molecular complexity index is 532. The molecule has 5 heteroatoms. The van der Waals surface area contributed by atoms with Crippen LogP contribution in [0.4, 0.5) is 11.4 Å². The first-order valence-corrected chi connectivity index (χ1v) is 8.05. The van der Waals surface area contributed by atoms with Crippen LogP contribution >= 0.6 is 0 Å². The molecule has 0 bridgehead atoms. The van der Waals surface area contributed by atoms with Crippen LogP contribution in [-0.2, 0) is 0 Å². The molecule has 0 aliphatic carbocycles. The fourth-order valence-corrected chi connectivity index (χ4v) is 2.52. The molecule has 0 aliphatic heterocycles. The lowest BCUT2D eigenvalue weighted by atomic mass is 10.1. The average molecular weight is 317 g/mol. The van der Waals surface area contributed by atoms with Crippen molar-refractivity contribution in [3.05, 3.63) is 42.6 Å². The normalized spacial score (nSPS) is 11.8. The summed E-state index contributed by atoms with van der Waals surface area (Å²) in [6.45, 7) is 13.4. The van der Waals surface area contributed by atoms with Crippen molar-refractivity contribution in [1.29, 1.82) is 0 Å². The van der Waals surface area contributed by atoms with Gasteiger partial charge in [0.05, 0.1) is 5.70 Å². The van der Waals surface area contributed by atoms with Gasteiger partial charge in [0.15, 0.2) is 0 Å². The maximum Gasteiger partial charge on any atom is 0.0562 e. The first-order valence-electron chi connectivity index (χ1n) is 8.05. The van der Waals surface area contributed by atoms with Gasteiger partial charge in [0.25, 0.3) is 0 Å². The Morgan fingerprint density at radius 3 is 2.30 bits per heavy atom. The molecule has 1 atom stereocenters. The number of hydrogen-bond donors (Lipinski definition) is 3. The highest BCUT2D eigenvalue weighted by Crippen LogP contribution is 2.29. The third-order valence-corrected chi connectivity index (χ3v) is 4.15. The van der Waals surface area contributed by atoms with E-state index in [4.69, 9.17) is 17.3 Å². The predicted octanol–water partition coefficient (Wildman–Crippen LogP) is 3.02. The van der Waals surface area contributed by atoms with Crippen LogP contribution in [-0.4, -0.2) is 29.5 Å². The highest BCUT2D eigenvalue weighted by Gasteiger charge is 2.17. The second-order valence-electron chi connectivity index (χ2n) is 6.04. The van der Waals surface area contributed by atoms with Crippen molar-refractivity contribution in [3.63, 3.8) is 0 Å². The fourth-order valence-electron chi connectivity index (χ4n) is 2.52. The minimum absolute atomic E-state index is 0.105. The Labute approximate surface area is 140 Å². The van der Waals surface area contributed by atoms with E-state index in [0.29, 0.717) is 22.6 Å². The van der Waals surface area contributed by atoms with E-state index in [1.807, 2.05) is 6.07 Å². The SMILES string of the molecule is C=C(CCC(C)N(N)C(=C)c1c(N)cccc1N)N(C)CCC. The number of nitrogens with zero attached hydrogens (tertiary/aromatic N) is 2. The topological polar surface area (TPSA) is 84.5 Å². The Morgan fingerprint density at radius 2 is 1.78 bits per heavy atom. The monoisotopic (exact) mass is 317 g/mol. The average Bonchev–Trinajstić information content (AvgIpc) is 2.51. The molecular weight excluding hydrogens is 286 g/mol. The largest absolute Gasteiger partial charge is 0.398 e. The minimum Gasteiger partial charge on any atom is -0.398 e. The van der Waals surface area contributed by atoms with E-state index in [1.54, 1.807) is 17.1 Å². The van der Waals surface area contributed by atoms with Crippen molar-refractivity contribution < 1.29 is 0 Å². The Balaban J connectivity index is 2.68. The van der Waals surface area contributed by atoms with Gasteiger partial charge in [0, 0.05) is 42.3 Å². The first-order chi connectivity index (χ1) is 10.8. The zero-order valence-electron chi connectivity index (χ0n) is 14.7. The van der Waals surface area contributed by atoms with Crippen LogP contribution in [0.15, 0.2) is 37.1 Å². The summed E-state index contributed by atoms with van der Waals surface area (Å²) < 4.78 is 0. The zero-order valence-corrected chi connectivity index (χ0v) is 14.7. The van der Waals surface area contributed by atoms with Crippen molar-refractivity contribution in [3.8, 4) is 0 Å². The summed E-state index contributed by atoms with van der Waals surface area (Å²) in [5.74, 6) is 6.23. The zero-order chi connectivity index (χ0) is 17.6. The van der Waals surface area contributed by atoms with Crippen molar-refractivity contribution in [2.24, 2.45) is 5.84 Å². The van der Waals surface area contributed by atoms with Gasteiger partial charge in [-0.2, -0.15) is 0 Å². The standard InChI is InChI=1S/C18H31N5/c1-6-12-22(5)13(2)10-11-14(3)23(21)15(4)18-16(19)8-7-9-17(18)20/h7-9,14H,2,4,6,10-12,19-21H2,1,3,5H3. The first kappa shape index (κ1) is 18.9. The number of allylic oxidation sites excluding steroid dienone is 1. The van der Waals surface area contributed by atoms with Gasteiger partial charge in [0.2, 0.25) is 0 Å². The summed E-state index contributed by atoms with van der Waals surface area (Å²) in [7, 11) is 2.07. The lowest BCUT2D eigenvalue weighted by molar-refractivity contribution is 0.296. The number of hydrazine groups is 1. The van der Waals surface area contributed by atoms with Gasteiger partial charge in [0.1, 0.15) is 0 Å². The summed E-state index contributed by atoms with van der Waals surface area (Å²) in [5, 5.41) is 1.65. The van der Waals surface area contributed by atoms with Gasteiger partial charge < -0.3 is 21.4 Å². The van der Waals surface area contributed by atoms with Crippen LogP contribution in [0.3, 0.4) is 0 Å². The van der Waals surface area contributed by atoms with Crippen molar-refractivity contribution >= 4 is 17.1 Å². The molecule has 0 saturated heterocycles. The minimum atomic E-state index is 0.105. The van der Waals surface area contributed by atoms with E-state index in [1.165, 1.54) is 0 Å². The van der Waals surface area contributed by atoms with E-state index in [0.717, 1.165) is 31.5 Å². The number of nitrogen functional groups attached to an aromatic ring is 2. The Morgan fingerprint density at radius 1 is 1.22 bits per heavy atom. The fraction of sp³-hybridized carbons (Fsp3) is 0.444. The molecule has 0 fully saturated rings. The predicted molar refractivity (Wildman–Crippen MR) is 101 cm³/mol. The molecule has 6 N–H and O–H groups in total. The van der Waals surface area contributed by atoms with Crippen LogP contribution in [0.5, 0.6) is 0 Å². The molecule has 0 aliphatic rings. The molecular formula is C18H31N5. The molecule has 1 unspecified atom stereocenters. The van der Waals surface area contributed by atoms with E-state index in [2.05, 4.69) is 39.0 Å². The van der Waals surface area contributed by atoms with E-state index in [-0.39, 0.29) is 6.04 Å². The molecule has 0 saturated carbocycles. The number of benzene rings is 1. The number of rotatable bonds is 9. The Hall–Kier alpha value is -2.14. The second-order valence-corrected chi connectivity index (χ2v) is 6.04. The molecule has 1 aromatic carbocycles. The summed E-state index contributed by atoms with van der Waals surface area (Å²) in [6.07, 6.45) is 2.88. The van der Waals surface area contributed by atoms with Crippen LogP contribution in [0.25, 0.3) is 5.70 Å². The number of nitrogens with two attached hydrogens (primary N) is 3. The lowest BCUT2D eigenvalue weighted by Crippen LogP contribution is -2.38. The third-order valence-electron chi connectivity index (χ3n) is 4.15. The summed E-state index contributed by atoms with van der Waals surface area (Å²) in [4.78, 5) is 2.19. The number of hydrogen-bond acceptors (Lipinski definition) is 5. The van der Waals surface area contributed by atoms with Crippen LogP contribution in [0, 0.1) is 0 Å². The van der Waals surface area contributed by atoms with Crippen LogP contribution in [0.2, 0.25) is 0 Å². The number of anilines is 2. The van der Waals surface area contributed by atoms with E-state index >= 15 is 0 Å². The van der Waals surface area contributed by atoms with Crippen molar-refractivity contribution in [2.75, 3.05) is 25.1 Å². The molecule has 0 radical (unpaired) electrons. The molecule has 128 valence electrons. The van der Waals surface area contributed by atoms with Gasteiger partial charge in [-0.15, -0.1) is 0 Å². The second kappa shape index (κ2) is 8.48. The summed E-state index contributed by atoms with van der Waals surface area (Å²) in [6, 6.07) is 5.53. The van der Waals surface area contributed by atoms with E-state index < -0.39 is 0 Å². The van der Waals surface area contributed by atoms with Gasteiger partial charge in [-0.25, -0.2) is 5.84 Å². The van der Waals surface area contributed by atoms with Crippen molar-refractivity contribution in [1.82, 2.24) is 9.91 Å². The van der Waals surface area contributed by atoms with Crippen LogP contribution < -0.4 is 17.3 Å². The van der Waals surface area contributed by atoms with Crippen LogP contribution in [0.1, 0.15) is 38.7 Å². The summed E-state index contributed by atoms with van der Waals surface area (Å²) in [5.41, 5.74) is 15.7. The Kier molecular flexibility index (Phi) is 6.97. The third kappa shape index (κ3) is 4.93. The van der Waals surface area contributed by atoms with Gasteiger partial charge in [-0.05, 0) is 38.3 Å². The van der Waals surface area contributed by atoms with Gasteiger partial charge >= 0.3 is 0 Å². The quantitative estimate of drug-likeness (QED) is 0.370. The van der Waals surface area contributed by atoms with Gasteiger partial charge in [-0.1, -0.05) is 26.1 Å². The molecule has 23 heavy (non-hydrogen) atoms. The molecule has 1 rings (SSSR count). The highest BCUT2D eigenvalue weighted by atomic mass is 15.4. The molecule has 0 spiro atoms. The molecule has 1 aromatic rings. The van der Waals surface area contributed by atoms with E-state index in [9.17, 15) is 0 Å². The lowest BCUT2D eigenvalue weighted by Gasteiger charge is -2.30. The molecule has 0 heterocycles. The molecule has 5 nitrogen and oxygen atoms in total. The molecule has 0 amide bonds. The van der Waals surface area contributed by atoms with Gasteiger partial charge in [-0.3, -0.25) is 0 Å². The molecule has 0 aromatic heterocycles. The smallest absolute Gasteiger partial charge is 0.0562 e. The highest BCUT2D eigenvalue weighted by molar-refractivity contribution is 5.81. The summed E-state index contributed by atoms with van der Waals surface area (Å²) >= 11 is 0. The maximum absolute atomic E-state index is 6.23. The maximum atomic E-state index is 6.23. The van der Waals surface area contributed by atoms with Crippen molar-refractivity contribution in [2.45, 2.75) is 39.2 Å².